The summed E-state index contributed by atoms with van der Waals surface area (Å²) in [6, 6.07) is 9.90. The third-order valence-corrected chi connectivity index (χ3v) is 7.59. The summed E-state index contributed by atoms with van der Waals surface area (Å²) in [6.07, 6.45) is 1.26. The van der Waals surface area contributed by atoms with Gasteiger partial charge in [0.15, 0.2) is 6.23 Å². The van der Waals surface area contributed by atoms with Crippen LogP contribution in [0.5, 0.6) is 0 Å². The van der Waals surface area contributed by atoms with E-state index in [0.29, 0.717) is 24.3 Å². The number of hydrogen-bond acceptors (Lipinski definition) is 8. The molecule has 0 saturated carbocycles. The maximum Gasteiger partial charge on any atom is 0.164 e. The van der Waals surface area contributed by atoms with Gasteiger partial charge in [-0.3, -0.25) is 0 Å². The number of nitrogen functional groups attached to an aromatic ring is 1. The van der Waals surface area contributed by atoms with Crippen LogP contribution in [0.25, 0.3) is 21.9 Å². The molecule has 2 saturated heterocycles. The van der Waals surface area contributed by atoms with Crippen LogP contribution in [0.3, 0.4) is 0 Å². The van der Waals surface area contributed by atoms with Crippen LogP contribution in [-0.4, -0.2) is 60.3 Å². The number of aromatic nitrogens is 4. The number of aliphatic hydroxyl groups excluding tert-OH is 2. The molecule has 34 heavy (non-hydrogen) atoms. The Morgan fingerprint density at radius 2 is 2.09 bits per heavy atom. The Morgan fingerprint density at radius 1 is 1.24 bits per heavy atom. The van der Waals surface area contributed by atoms with Crippen molar-refractivity contribution in [3.05, 3.63) is 58.6 Å². The second kappa shape index (κ2) is 7.96. The van der Waals surface area contributed by atoms with E-state index in [1.807, 2.05) is 43.5 Å². The Kier molecular flexibility index (Phi) is 5.12. The zero-order chi connectivity index (χ0) is 23.6. The van der Waals surface area contributed by atoms with Crippen LogP contribution >= 0.6 is 15.9 Å². The van der Waals surface area contributed by atoms with Crippen molar-refractivity contribution in [2.45, 2.75) is 49.9 Å². The molecule has 2 aliphatic rings. The molecule has 6 rings (SSSR count). The Balaban J connectivity index is 1.23. The fourth-order valence-corrected chi connectivity index (χ4v) is 5.48. The van der Waals surface area contributed by atoms with E-state index in [-0.39, 0.29) is 12.7 Å². The third kappa shape index (κ3) is 3.40. The van der Waals surface area contributed by atoms with Crippen LogP contribution in [0.1, 0.15) is 23.9 Å². The average molecular weight is 526 g/mol. The highest BCUT2D eigenvalue weighted by Crippen LogP contribution is 2.45. The Morgan fingerprint density at radius 3 is 2.94 bits per heavy atom. The number of benzene rings is 1. The highest BCUT2D eigenvalue weighted by Gasteiger charge is 2.58. The molecule has 10 heteroatoms. The van der Waals surface area contributed by atoms with E-state index in [4.69, 9.17) is 15.2 Å². The first-order valence-corrected chi connectivity index (χ1v) is 11.9. The number of nitrogens with zero attached hydrogens (tertiary/aromatic N) is 4. The predicted octanol–water partition coefficient (Wildman–Crippen LogP) is 2.65. The molecule has 5 unspecified atom stereocenters. The molecule has 3 aromatic heterocycles. The van der Waals surface area contributed by atoms with Gasteiger partial charge in [0, 0.05) is 23.4 Å². The summed E-state index contributed by atoms with van der Waals surface area (Å²) in [5.74, 6) is 0.446. The third-order valence-electron chi connectivity index (χ3n) is 6.96. The van der Waals surface area contributed by atoms with Gasteiger partial charge in [-0.25, -0.2) is 15.0 Å². The number of halogens is 1. The van der Waals surface area contributed by atoms with Crippen LogP contribution in [-0.2, 0) is 15.9 Å². The number of rotatable bonds is 3. The van der Waals surface area contributed by atoms with Crippen molar-refractivity contribution in [2.24, 2.45) is 0 Å². The van der Waals surface area contributed by atoms with Crippen molar-refractivity contribution in [3.8, 4) is 0 Å². The van der Waals surface area contributed by atoms with Crippen LogP contribution in [0.2, 0.25) is 0 Å². The van der Waals surface area contributed by atoms with Crippen molar-refractivity contribution >= 4 is 43.7 Å². The van der Waals surface area contributed by atoms with E-state index in [0.717, 1.165) is 32.0 Å². The molecular weight excluding hydrogens is 502 g/mol. The van der Waals surface area contributed by atoms with Gasteiger partial charge in [-0.2, -0.15) is 0 Å². The Bertz CT molecular complexity index is 1410. The van der Waals surface area contributed by atoms with E-state index < -0.39 is 24.0 Å². The molecule has 1 aromatic carbocycles. The fraction of sp³-hybridized carbons (Fsp3) is 0.375. The molecule has 2 aliphatic heterocycles. The van der Waals surface area contributed by atoms with Gasteiger partial charge in [-0.15, -0.1) is 0 Å². The van der Waals surface area contributed by atoms with Crippen molar-refractivity contribution in [1.82, 2.24) is 19.5 Å². The Hall–Kier alpha value is -2.63. The summed E-state index contributed by atoms with van der Waals surface area (Å²) in [7, 11) is 0. The molecule has 0 radical (unpaired) electrons. The van der Waals surface area contributed by atoms with Crippen molar-refractivity contribution < 1.29 is 19.7 Å². The van der Waals surface area contributed by atoms with Gasteiger partial charge in [0.1, 0.15) is 35.6 Å². The first kappa shape index (κ1) is 21.9. The van der Waals surface area contributed by atoms with E-state index in [2.05, 4.69) is 30.9 Å². The number of anilines is 1. The molecule has 0 amide bonds. The summed E-state index contributed by atoms with van der Waals surface area (Å²) in [6.45, 7) is 2.10. The zero-order valence-corrected chi connectivity index (χ0v) is 20.0. The molecule has 4 aromatic rings. The van der Waals surface area contributed by atoms with Gasteiger partial charge in [-0.05, 0) is 53.0 Å². The van der Waals surface area contributed by atoms with Crippen LogP contribution < -0.4 is 5.73 Å². The quantitative estimate of drug-likeness (QED) is 0.372. The topological polar surface area (TPSA) is 129 Å². The molecule has 0 aliphatic carbocycles. The SMILES string of the molecule is Cc1ncnc2c1ccn2C1OC2(COC(Cc3ccc4cc(Br)c(N)nc4c3)C2)C(O)C1O. The molecule has 9 nitrogen and oxygen atoms in total. The summed E-state index contributed by atoms with van der Waals surface area (Å²) in [4.78, 5) is 13.0. The van der Waals surface area contributed by atoms with Gasteiger partial charge in [0.05, 0.1) is 28.4 Å². The van der Waals surface area contributed by atoms with E-state index in [1.54, 1.807) is 4.57 Å². The number of nitrogens with two attached hydrogens (primary N) is 1. The second-order valence-electron chi connectivity index (χ2n) is 9.15. The lowest BCUT2D eigenvalue weighted by molar-refractivity contribution is -0.103. The standard InChI is InChI=1S/C24H24BrN5O4/c1-12-16-4-5-30(22(16)28-11-27-12)23-19(31)20(32)24(34-23)9-15(33-10-24)6-13-2-3-14-8-17(25)21(26)29-18(14)7-13/h2-5,7-8,11,15,19-20,23,31-32H,6,9-10H2,1H3,(H2,26,29). The minimum Gasteiger partial charge on any atom is -0.387 e. The zero-order valence-electron chi connectivity index (χ0n) is 18.4. The molecule has 0 bridgehead atoms. The van der Waals surface area contributed by atoms with Crippen molar-refractivity contribution in [3.63, 3.8) is 0 Å². The van der Waals surface area contributed by atoms with Crippen LogP contribution in [0, 0.1) is 6.92 Å². The summed E-state index contributed by atoms with van der Waals surface area (Å²) < 4.78 is 14.9. The van der Waals surface area contributed by atoms with Crippen molar-refractivity contribution in [1.29, 1.82) is 0 Å². The first-order valence-electron chi connectivity index (χ1n) is 11.1. The van der Waals surface area contributed by atoms with E-state index in [9.17, 15) is 10.2 Å². The number of pyridine rings is 1. The number of aliphatic hydroxyl groups is 2. The first-order chi connectivity index (χ1) is 16.3. The molecule has 5 heterocycles. The highest BCUT2D eigenvalue weighted by atomic mass is 79.9. The molecule has 1 spiro atoms. The largest absolute Gasteiger partial charge is 0.387 e. The lowest BCUT2D eigenvalue weighted by Crippen LogP contribution is -2.43. The highest BCUT2D eigenvalue weighted by molar-refractivity contribution is 9.10. The summed E-state index contributed by atoms with van der Waals surface area (Å²) in [5.41, 5.74) is 8.32. The average Bonchev–Trinajstić information content (AvgIpc) is 3.49. The maximum atomic E-state index is 11.0. The van der Waals surface area contributed by atoms with Gasteiger partial charge < -0.3 is 30.0 Å². The molecule has 5 atom stereocenters. The monoisotopic (exact) mass is 525 g/mol. The lowest BCUT2D eigenvalue weighted by Gasteiger charge is -2.25. The lowest BCUT2D eigenvalue weighted by atomic mass is 9.90. The summed E-state index contributed by atoms with van der Waals surface area (Å²) >= 11 is 3.41. The van der Waals surface area contributed by atoms with Gasteiger partial charge in [0.25, 0.3) is 0 Å². The second-order valence-corrected chi connectivity index (χ2v) is 10.0. The van der Waals surface area contributed by atoms with Gasteiger partial charge in [0.2, 0.25) is 0 Å². The molecule has 176 valence electrons. The molecular formula is C24H24BrN5O4. The van der Waals surface area contributed by atoms with E-state index in [1.165, 1.54) is 6.33 Å². The molecule has 2 fully saturated rings. The molecule has 4 N–H and O–H groups in total. The van der Waals surface area contributed by atoms with E-state index >= 15 is 0 Å². The smallest absolute Gasteiger partial charge is 0.164 e. The number of aryl methyl sites for hydroxylation is 1. The predicted molar refractivity (Wildman–Crippen MR) is 129 cm³/mol. The van der Waals surface area contributed by atoms with Gasteiger partial charge >= 0.3 is 0 Å². The number of ether oxygens (including phenoxy) is 2. The number of hydrogen-bond donors (Lipinski definition) is 3. The normalized spacial score (nSPS) is 29.1. The minimum atomic E-state index is -1.11. The number of fused-ring (bicyclic) bond motifs is 2. The minimum absolute atomic E-state index is 0.170. The van der Waals surface area contributed by atoms with Crippen LogP contribution in [0.4, 0.5) is 5.82 Å². The van der Waals surface area contributed by atoms with Crippen LogP contribution in [0.15, 0.2) is 47.3 Å². The van der Waals surface area contributed by atoms with Crippen molar-refractivity contribution in [2.75, 3.05) is 12.3 Å². The maximum absolute atomic E-state index is 11.0. The Labute approximate surface area is 203 Å². The van der Waals surface area contributed by atoms with Gasteiger partial charge in [-0.1, -0.05) is 12.1 Å². The fourth-order valence-electron chi connectivity index (χ4n) is 5.14. The summed E-state index contributed by atoms with van der Waals surface area (Å²) in [5, 5.41) is 23.8.